The van der Waals surface area contributed by atoms with Crippen molar-refractivity contribution in [2.45, 2.75) is 31.9 Å². The molecule has 0 radical (unpaired) electrons. The second-order valence-electron chi connectivity index (χ2n) is 4.41. The third kappa shape index (κ3) is 1.36. The summed E-state index contributed by atoms with van der Waals surface area (Å²) in [5, 5.41) is 0. The third-order valence-electron chi connectivity index (χ3n) is 3.60. The van der Waals surface area contributed by atoms with Crippen LogP contribution in [0.1, 0.15) is 31.4 Å². The van der Waals surface area contributed by atoms with Gasteiger partial charge in [-0.2, -0.15) is 0 Å². The number of para-hydroxylation sites is 1. The van der Waals surface area contributed by atoms with E-state index in [9.17, 15) is 0 Å². The SMILES string of the molecule is CCN1CCCC2Oc3ccccc3C21. The highest BCUT2D eigenvalue weighted by Crippen LogP contribution is 2.43. The summed E-state index contributed by atoms with van der Waals surface area (Å²) in [4.78, 5) is 2.54. The Morgan fingerprint density at radius 1 is 1.40 bits per heavy atom. The number of benzene rings is 1. The van der Waals surface area contributed by atoms with Crippen LogP contribution in [0.15, 0.2) is 24.3 Å². The molecule has 0 N–H and O–H groups in total. The van der Waals surface area contributed by atoms with Crippen LogP contribution in [0.2, 0.25) is 0 Å². The van der Waals surface area contributed by atoms with Crippen LogP contribution in [0.3, 0.4) is 0 Å². The predicted octanol–water partition coefficient (Wildman–Crippen LogP) is 2.60. The number of piperidine rings is 1. The summed E-state index contributed by atoms with van der Waals surface area (Å²) in [6, 6.07) is 9.01. The molecule has 0 spiro atoms. The Hall–Kier alpha value is -1.02. The molecule has 2 nitrogen and oxygen atoms in total. The monoisotopic (exact) mass is 203 g/mol. The number of hydrogen-bond acceptors (Lipinski definition) is 2. The van der Waals surface area contributed by atoms with Gasteiger partial charge in [0.2, 0.25) is 0 Å². The van der Waals surface area contributed by atoms with Crippen molar-refractivity contribution >= 4 is 0 Å². The van der Waals surface area contributed by atoms with Gasteiger partial charge in [-0.25, -0.2) is 0 Å². The zero-order valence-electron chi connectivity index (χ0n) is 9.15. The molecule has 2 heterocycles. The summed E-state index contributed by atoms with van der Waals surface area (Å²) in [5.41, 5.74) is 1.39. The van der Waals surface area contributed by atoms with E-state index in [1.165, 1.54) is 24.9 Å². The number of rotatable bonds is 1. The van der Waals surface area contributed by atoms with E-state index in [-0.39, 0.29) is 0 Å². The van der Waals surface area contributed by atoms with Crippen LogP contribution >= 0.6 is 0 Å². The lowest BCUT2D eigenvalue weighted by Crippen LogP contribution is -2.40. The highest BCUT2D eigenvalue weighted by atomic mass is 16.5. The van der Waals surface area contributed by atoms with Gasteiger partial charge in [-0.05, 0) is 32.0 Å². The molecule has 2 atom stereocenters. The molecular weight excluding hydrogens is 186 g/mol. The van der Waals surface area contributed by atoms with E-state index in [2.05, 4.69) is 36.1 Å². The molecule has 15 heavy (non-hydrogen) atoms. The summed E-state index contributed by atoms with van der Waals surface area (Å²) < 4.78 is 6.00. The van der Waals surface area contributed by atoms with Crippen LogP contribution in [0.5, 0.6) is 5.75 Å². The summed E-state index contributed by atoms with van der Waals surface area (Å²) >= 11 is 0. The summed E-state index contributed by atoms with van der Waals surface area (Å²) in [5.74, 6) is 1.10. The molecule has 0 aromatic heterocycles. The first-order valence-corrected chi connectivity index (χ1v) is 5.90. The first-order chi connectivity index (χ1) is 7.40. The first-order valence-electron chi connectivity index (χ1n) is 5.90. The van der Waals surface area contributed by atoms with E-state index in [0.717, 1.165) is 12.3 Å². The number of ether oxygens (including phenoxy) is 1. The Morgan fingerprint density at radius 2 is 2.27 bits per heavy atom. The van der Waals surface area contributed by atoms with Gasteiger partial charge in [-0.15, -0.1) is 0 Å². The van der Waals surface area contributed by atoms with Gasteiger partial charge in [0.05, 0.1) is 6.04 Å². The molecule has 2 unspecified atom stereocenters. The van der Waals surface area contributed by atoms with Crippen molar-refractivity contribution in [3.63, 3.8) is 0 Å². The Bertz CT molecular complexity index is 357. The fourth-order valence-corrected chi connectivity index (χ4v) is 2.90. The maximum Gasteiger partial charge on any atom is 0.124 e. The van der Waals surface area contributed by atoms with E-state index in [4.69, 9.17) is 4.74 Å². The number of likely N-dealkylation sites (tertiary alicyclic amines) is 1. The molecule has 0 bridgehead atoms. The minimum absolute atomic E-state index is 0.399. The minimum atomic E-state index is 0.399. The first kappa shape index (κ1) is 9.22. The fourth-order valence-electron chi connectivity index (χ4n) is 2.90. The standard InChI is InChI=1S/C13H17NO/c1-2-14-9-5-8-12-13(14)10-6-3-4-7-11(10)15-12/h3-4,6-7,12-13H,2,5,8-9H2,1H3. The molecule has 3 rings (SSSR count). The van der Waals surface area contributed by atoms with Gasteiger partial charge in [-0.3, -0.25) is 4.90 Å². The predicted molar refractivity (Wildman–Crippen MR) is 60.1 cm³/mol. The summed E-state index contributed by atoms with van der Waals surface area (Å²) in [7, 11) is 0. The van der Waals surface area contributed by atoms with Crippen LogP contribution in [0, 0.1) is 0 Å². The van der Waals surface area contributed by atoms with Gasteiger partial charge >= 0.3 is 0 Å². The number of nitrogens with zero attached hydrogens (tertiary/aromatic N) is 1. The lowest BCUT2D eigenvalue weighted by molar-refractivity contribution is 0.0566. The molecule has 1 aromatic rings. The van der Waals surface area contributed by atoms with Crippen molar-refractivity contribution in [1.82, 2.24) is 4.90 Å². The average Bonchev–Trinajstić information content (AvgIpc) is 2.67. The minimum Gasteiger partial charge on any atom is -0.488 e. The Balaban J connectivity index is 1.99. The van der Waals surface area contributed by atoms with Crippen molar-refractivity contribution < 1.29 is 4.74 Å². The van der Waals surface area contributed by atoms with Crippen molar-refractivity contribution in [3.05, 3.63) is 29.8 Å². The molecule has 1 saturated heterocycles. The van der Waals surface area contributed by atoms with Gasteiger partial charge in [0.25, 0.3) is 0 Å². The second kappa shape index (κ2) is 3.53. The summed E-state index contributed by atoms with van der Waals surface area (Å²) in [6.45, 7) is 4.58. The summed E-state index contributed by atoms with van der Waals surface area (Å²) in [6.07, 6.45) is 2.87. The normalized spacial score (nSPS) is 29.4. The van der Waals surface area contributed by atoms with Crippen molar-refractivity contribution in [1.29, 1.82) is 0 Å². The molecule has 1 fully saturated rings. The van der Waals surface area contributed by atoms with Crippen LogP contribution in [-0.2, 0) is 0 Å². The Labute approximate surface area is 90.8 Å². The maximum atomic E-state index is 6.00. The number of hydrogen-bond donors (Lipinski definition) is 0. The van der Waals surface area contributed by atoms with Crippen LogP contribution in [0.4, 0.5) is 0 Å². The third-order valence-corrected chi connectivity index (χ3v) is 3.60. The smallest absolute Gasteiger partial charge is 0.124 e. The van der Waals surface area contributed by atoms with E-state index < -0.39 is 0 Å². The van der Waals surface area contributed by atoms with Crippen molar-refractivity contribution in [3.8, 4) is 5.75 Å². The Morgan fingerprint density at radius 3 is 3.13 bits per heavy atom. The van der Waals surface area contributed by atoms with Gasteiger partial charge in [-0.1, -0.05) is 25.1 Å². The number of fused-ring (bicyclic) bond motifs is 3. The van der Waals surface area contributed by atoms with Gasteiger partial charge < -0.3 is 4.74 Å². The van der Waals surface area contributed by atoms with Crippen LogP contribution in [-0.4, -0.2) is 24.1 Å². The topological polar surface area (TPSA) is 12.5 Å². The Kier molecular flexibility index (Phi) is 2.17. The number of likely N-dealkylation sites (N-methyl/N-ethyl adjacent to an activating group) is 1. The molecule has 0 aliphatic carbocycles. The molecule has 0 amide bonds. The van der Waals surface area contributed by atoms with Gasteiger partial charge in [0.1, 0.15) is 11.9 Å². The molecular formula is C13H17NO. The zero-order valence-corrected chi connectivity index (χ0v) is 9.15. The van der Waals surface area contributed by atoms with Gasteiger partial charge in [0.15, 0.2) is 0 Å². The highest BCUT2D eigenvalue weighted by molar-refractivity contribution is 5.40. The van der Waals surface area contributed by atoms with Crippen molar-refractivity contribution in [2.24, 2.45) is 0 Å². The quantitative estimate of drug-likeness (QED) is 0.695. The molecule has 2 aliphatic rings. The van der Waals surface area contributed by atoms with E-state index in [1.54, 1.807) is 0 Å². The van der Waals surface area contributed by atoms with Crippen molar-refractivity contribution in [2.75, 3.05) is 13.1 Å². The second-order valence-corrected chi connectivity index (χ2v) is 4.41. The zero-order chi connectivity index (χ0) is 10.3. The lowest BCUT2D eigenvalue weighted by Gasteiger charge is -2.35. The maximum absolute atomic E-state index is 6.00. The molecule has 0 saturated carbocycles. The molecule has 2 aliphatic heterocycles. The largest absolute Gasteiger partial charge is 0.488 e. The van der Waals surface area contributed by atoms with Crippen LogP contribution < -0.4 is 4.74 Å². The fraction of sp³-hybridized carbons (Fsp3) is 0.538. The molecule has 80 valence electrons. The average molecular weight is 203 g/mol. The highest BCUT2D eigenvalue weighted by Gasteiger charge is 2.39. The molecule has 2 heteroatoms. The van der Waals surface area contributed by atoms with E-state index in [0.29, 0.717) is 12.1 Å². The van der Waals surface area contributed by atoms with Gasteiger partial charge in [0, 0.05) is 5.56 Å². The van der Waals surface area contributed by atoms with E-state index >= 15 is 0 Å². The molecule has 1 aromatic carbocycles. The van der Waals surface area contributed by atoms with Crippen LogP contribution in [0.25, 0.3) is 0 Å². The lowest BCUT2D eigenvalue weighted by atomic mass is 9.95. The van der Waals surface area contributed by atoms with E-state index in [1.807, 2.05) is 0 Å².